The highest BCUT2D eigenvalue weighted by atomic mass is 32.2. The number of hydrogen-bond acceptors (Lipinski definition) is 5. The van der Waals surface area contributed by atoms with Crippen molar-refractivity contribution in [1.82, 2.24) is 4.31 Å². The van der Waals surface area contributed by atoms with E-state index in [1.807, 2.05) is 6.92 Å². The molecule has 0 radical (unpaired) electrons. The van der Waals surface area contributed by atoms with Crippen LogP contribution in [0.25, 0.3) is 0 Å². The summed E-state index contributed by atoms with van der Waals surface area (Å²) in [5.74, 6) is -0.960. The predicted octanol–water partition coefficient (Wildman–Crippen LogP) is 1.44. The number of piperidine rings is 1. The van der Waals surface area contributed by atoms with Gasteiger partial charge in [0.1, 0.15) is 11.5 Å². The minimum atomic E-state index is -3.82. The Kier molecular flexibility index (Phi) is 5.16. The molecule has 1 saturated heterocycles. The van der Waals surface area contributed by atoms with Crippen LogP contribution in [0.5, 0.6) is 11.5 Å². The molecule has 1 aromatic carbocycles. The molecule has 8 heteroatoms. The van der Waals surface area contributed by atoms with Crippen molar-refractivity contribution in [1.29, 1.82) is 0 Å². The maximum atomic E-state index is 12.9. The number of aliphatic carboxylic acids is 1. The van der Waals surface area contributed by atoms with Crippen LogP contribution in [0.2, 0.25) is 0 Å². The van der Waals surface area contributed by atoms with Gasteiger partial charge in [-0.1, -0.05) is 6.92 Å². The molecular formula is C15H21NO6S. The van der Waals surface area contributed by atoms with E-state index in [4.69, 9.17) is 9.47 Å². The van der Waals surface area contributed by atoms with E-state index in [1.165, 1.54) is 30.7 Å². The molecule has 0 aromatic heterocycles. The van der Waals surface area contributed by atoms with Crippen molar-refractivity contribution in [3.8, 4) is 11.5 Å². The minimum Gasteiger partial charge on any atom is -0.497 e. The van der Waals surface area contributed by atoms with E-state index in [0.29, 0.717) is 24.5 Å². The Morgan fingerprint density at radius 2 is 1.74 bits per heavy atom. The summed E-state index contributed by atoms with van der Waals surface area (Å²) in [6.45, 7) is 2.12. The van der Waals surface area contributed by atoms with E-state index >= 15 is 0 Å². The summed E-state index contributed by atoms with van der Waals surface area (Å²) in [4.78, 5) is 11.3. The molecule has 1 aromatic rings. The molecule has 0 bridgehead atoms. The maximum absolute atomic E-state index is 12.9. The van der Waals surface area contributed by atoms with Crippen molar-refractivity contribution in [2.45, 2.75) is 18.2 Å². The Bertz CT molecular complexity index is 665. The summed E-state index contributed by atoms with van der Waals surface area (Å²) in [5, 5.41) is 9.21. The van der Waals surface area contributed by atoms with Gasteiger partial charge in [0.15, 0.2) is 0 Å². The van der Waals surface area contributed by atoms with Crippen LogP contribution in [0.15, 0.2) is 23.1 Å². The van der Waals surface area contributed by atoms with Crippen LogP contribution in [-0.4, -0.2) is 51.1 Å². The smallest absolute Gasteiger partial charge is 0.307 e. The molecule has 0 amide bonds. The van der Waals surface area contributed by atoms with E-state index < -0.39 is 21.9 Å². The van der Waals surface area contributed by atoms with E-state index in [-0.39, 0.29) is 17.4 Å². The number of sulfonamides is 1. The van der Waals surface area contributed by atoms with Gasteiger partial charge in [0.25, 0.3) is 0 Å². The van der Waals surface area contributed by atoms with E-state index in [0.717, 1.165) is 0 Å². The largest absolute Gasteiger partial charge is 0.497 e. The lowest BCUT2D eigenvalue weighted by Gasteiger charge is -2.33. The number of rotatable bonds is 5. The van der Waals surface area contributed by atoms with Crippen LogP contribution in [0.1, 0.15) is 13.3 Å². The van der Waals surface area contributed by atoms with Crippen LogP contribution in [0.4, 0.5) is 0 Å². The molecule has 2 atom stereocenters. The fourth-order valence-corrected chi connectivity index (χ4v) is 4.41. The summed E-state index contributed by atoms with van der Waals surface area (Å²) in [7, 11) is -0.938. The Morgan fingerprint density at radius 1 is 1.17 bits per heavy atom. The zero-order chi connectivity index (χ0) is 17.2. The summed E-state index contributed by atoms with van der Waals surface area (Å²) >= 11 is 0. The molecule has 1 aliphatic rings. The van der Waals surface area contributed by atoms with Gasteiger partial charge in [-0.15, -0.1) is 0 Å². The SMILES string of the molecule is COc1cc(OC)cc(S(=O)(=O)N2CC(C)CC(C(=O)O)C2)c1. The van der Waals surface area contributed by atoms with Gasteiger partial charge in [0.2, 0.25) is 10.0 Å². The molecule has 0 saturated carbocycles. The second-order valence-electron chi connectivity index (χ2n) is 5.75. The quantitative estimate of drug-likeness (QED) is 0.869. The highest BCUT2D eigenvalue weighted by molar-refractivity contribution is 7.89. The van der Waals surface area contributed by atoms with Crippen molar-refractivity contribution in [2.24, 2.45) is 11.8 Å². The lowest BCUT2D eigenvalue weighted by molar-refractivity contribution is -0.143. The van der Waals surface area contributed by atoms with Gasteiger partial charge in [-0.25, -0.2) is 8.42 Å². The molecular weight excluding hydrogens is 322 g/mol. The minimum absolute atomic E-state index is 0.0212. The molecule has 0 spiro atoms. The van der Waals surface area contributed by atoms with Gasteiger partial charge >= 0.3 is 5.97 Å². The highest BCUT2D eigenvalue weighted by Gasteiger charge is 2.36. The summed E-state index contributed by atoms with van der Waals surface area (Å²) in [6.07, 6.45) is 0.475. The van der Waals surface area contributed by atoms with Crippen molar-refractivity contribution >= 4 is 16.0 Å². The molecule has 1 fully saturated rings. The van der Waals surface area contributed by atoms with Crippen LogP contribution >= 0.6 is 0 Å². The number of hydrogen-bond donors (Lipinski definition) is 1. The van der Waals surface area contributed by atoms with Gasteiger partial charge < -0.3 is 14.6 Å². The molecule has 1 N–H and O–H groups in total. The average molecular weight is 343 g/mol. The maximum Gasteiger partial charge on any atom is 0.307 e. The topological polar surface area (TPSA) is 93.1 Å². The average Bonchev–Trinajstić information content (AvgIpc) is 2.53. The van der Waals surface area contributed by atoms with Crippen molar-refractivity contribution in [3.63, 3.8) is 0 Å². The van der Waals surface area contributed by atoms with Gasteiger partial charge in [0, 0.05) is 31.3 Å². The zero-order valence-corrected chi connectivity index (χ0v) is 14.2. The fourth-order valence-electron chi connectivity index (χ4n) is 2.76. The first-order chi connectivity index (χ1) is 10.8. The van der Waals surface area contributed by atoms with E-state index in [1.54, 1.807) is 6.07 Å². The Morgan fingerprint density at radius 3 is 2.22 bits per heavy atom. The zero-order valence-electron chi connectivity index (χ0n) is 13.4. The highest BCUT2D eigenvalue weighted by Crippen LogP contribution is 2.31. The molecule has 23 heavy (non-hydrogen) atoms. The van der Waals surface area contributed by atoms with Crippen LogP contribution in [-0.2, 0) is 14.8 Å². The number of carbonyl (C=O) groups is 1. The number of benzene rings is 1. The summed E-state index contributed by atoms with van der Waals surface area (Å²) in [6, 6.07) is 4.40. The second-order valence-corrected chi connectivity index (χ2v) is 7.68. The second kappa shape index (κ2) is 6.76. The lowest BCUT2D eigenvalue weighted by atomic mass is 9.92. The number of ether oxygens (including phenoxy) is 2. The standard InChI is InChI=1S/C15H21NO6S/c1-10-4-11(15(17)18)9-16(8-10)23(19,20)14-6-12(21-2)5-13(7-14)22-3/h5-7,10-11H,4,8-9H2,1-3H3,(H,17,18). The third kappa shape index (κ3) is 3.76. The number of carboxylic acids is 1. The molecule has 128 valence electrons. The van der Waals surface area contributed by atoms with Crippen molar-refractivity contribution in [3.05, 3.63) is 18.2 Å². The first-order valence-electron chi connectivity index (χ1n) is 7.24. The monoisotopic (exact) mass is 343 g/mol. The predicted molar refractivity (Wildman–Crippen MR) is 83.2 cm³/mol. The van der Waals surface area contributed by atoms with Crippen molar-refractivity contribution in [2.75, 3.05) is 27.3 Å². The molecule has 2 rings (SSSR count). The third-order valence-electron chi connectivity index (χ3n) is 3.94. The van der Waals surface area contributed by atoms with E-state index in [2.05, 4.69) is 0 Å². The fraction of sp³-hybridized carbons (Fsp3) is 0.533. The molecule has 7 nitrogen and oxygen atoms in total. The van der Waals surface area contributed by atoms with Gasteiger partial charge in [-0.05, 0) is 12.3 Å². The normalized spacial score (nSPS) is 22.6. The van der Waals surface area contributed by atoms with Crippen molar-refractivity contribution < 1.29 is 27.8 Å². The summed E-state index contributed by atoms with van der Waals surface area (Å²) in [5.41, 5.74) is 0. The summed E-state index contributed by atoms with van der Waals surface area (Å²) < 4.78 is 37.2. The van der Waals surface area contributed by atoms with E-state index in [9.17, 15) is 18.3 Å². The number of carboxylic acid groups (broad SMARTS) is 1. The Hall–Kier alpha value is -1.80. The molecule has 1 heterocycles. The van der Waals surface area contributed by atoms with Gasteiger partial charge in [-0.3, -0.25) is 4.79 Å². The lowest BCUT2D eigenvalue weighted by Crippen LogP contribution is -2.45. The van der Waals surface area contributed by atoms with Crippen LogP contribution in [0.3, 0.4) is 0 Å². The molecule has 2 unspecified atom stereocenters. The first kappa shape index (κ1) is 17.6. The Balaban J connectivity index is 2.39. The molecule has 1 aliphatic heterocycles. The van der Waals surface area contributed by atoms with Gasteiger partial charge in [-0.2, -0.15) is 4.31 Å². The number of nitrogens with zero attached hydrogens (tertiary/aromatic N) is 1. The number of methoxy groups -OCH3 is 2. The third-order valence-corrected chi connectivity index (χ3v) is 5.75. The van der Waals surface area contributed by atoms with Crippen LogP contribution in [0, 0.1) is 11.8 Å². The van der Waals surface area contributed by atoms with Crippen LogP contribution < -0.4 is 9.47 Å². The van der Waals surface area contributed by atoms with Gasteiger partial charge in [0.05, 0.1) is 25.0 Å². The Labute approximate surface area is 135 Å². The first-order valence-corrected chi connectivity index (χ1v) is 8.68. The molecule has 0 aliphatic carbocycles.